The molecule has 1 spiro atoms. The van der Waals surface area contributed by atoms with E-state index in [-0.39, 0.29) is 0 Å². The molecule has 1 aromatic carbocycles. The van der Waals surface area contributed by atoms with Crippen LogP contribution in [0.2, 0.25) is 0 Å². The van der Waals surface area contributed by atoms with E-state index in [2.05, 4.69) is 28.9 Å². The lowest BCUT2D eigenvalue weighted by molar-refractivity contribution is -0.0316. The third-order valence-corrected chi connectivity index (χ3v) is 6.09. The second kappa shape index (κ2) is 5.01. The largest absolute Gasteiger partial charge is 0.493 e. The Kier molecular flexibility index (Phi) is 3.50. The molecule has 0 radical (unpaired) electrons. The van der Waals surface area contributed by atoms with E-state index < -0.39 is 0 Å². The number of aryl methyl sites for hydroxylation is 1. The zero-order valence-corrected chi connectivity index (χ0v) is 13.2. The zero-order chi connectivity index (χ0) is 13.5. The monoisotopic (exact) mass is 324 g/mol. The maximum Gasteiger partial charge on any atom is 0.161 e. The number of rotatable bonds is 3. The molecule has 2 saturated carbocycles. The minimum absolute atomic E-state index is 0.344. The predicted molar refractivity (Wildman–Crippen MR) is 80.4 cm³/mol. The van der Waals surface area contributed by atoms with E-state index >= 15 is 0 Å². The Balaban J connectivity index is 1.79. The van der Waals surface area contributed by atoms with Crippen molar-refractivity contribution in [1.82, 2.24) is 0 Å². The summed E-state index contributed by atoms with van der Waals surface area (Å²) in [6.45, 7) is 2.07. The summed E-state index contributed by atoms with van der Waals surface area (Å²) in [5, 5.41) is 0. The Bertz CT molecular complexity index is 466. The standard InChI is InChI=1S/C16H21BrO2/c1-11-5-6-12(13(9-11)18-2)19-15-10-14(17)16(15)7-3-4-8-16/h5-6,9,14-15H,3-4,7-8,10H2,1-2H3. The fourth-order valence-electron chi connectivity index (χ4n) is 3.56. The Morgan fingerprint density at radius 1 is 1.21 bits per heavy atom. The molecule has 19 heavy (non-hydrogen) atoms. The van der Waals surface area contributed by atoms with Crippen LogP contribution < -0.4 is 9.47 Å². The molecule has 2 aliphatic rings. The van der Waals surface area contributed by atoms with E-state index in [0.717, 1.165) is 17.9 Å². The second-order valence-corrected chi connectivity index (χ2v) is 7.01. The van der Waals surface area contributed by atoms with Crippen LogP contribution in [0.5, 0.6) is 11.5 Å². The van der Waals surface area contributed by atoms with Gasteiger partial charge in [0.05, 0.1) is 7.11 Å². The Morgan fingerprint density at radius 2 is 1.95 bits per heavy atom. The van der Waals surface area contributed by atoms with Crippen LogP contribution in [0.4, 0.5) is 0 Å². The van der Waals surface area contributed by atoms with Gasteiger partial charge in [0.1, 0.15) is 6.10 Å². The number of hydrogen-bond donors (Lipinski definition) is 0. The van der Waals surface area contributed by atoms with Gasteiger partial charge in [-0.15, -0.1) is 0 Å². The highest BCUT2D eigenvalue weighted by molar-refractivity contribution is 9.09. The summed E-state index contributed by atoms with van der Waals surface area (Å²) in [6.07, 6.45) is 6.72. The van der Waals surface area contributed by atoms with Crippen molar-refractivity contribution in [1.29, 1.82) is 0 Å². The molecule has 2 unspecified atom stereocenters. The molecular formula is C16H21BrO2. The van der Waals surface area contributed by atoms with E-state index in [9.17, 15) is 0 Å². The fraction of sp³-hybridized carbons (Fsp3) is 0.625. The highest BCUT2D eigenvalue weighted by Gasteiger charge is 2.56. The van der Waals surface area contributed by atoms with Gasteiger partial charge in [-0.3, -0.25) is 0 Å². The van der Waals surface area contributed by atoms with Crippen molar-refractivity contribution < 1.29 is 9.47 Å². The first-order valence-corrected chi connectivity index (χ1v) is 8.03. The van der Waals surface area contributed by atoms with Crippen molar-refractivity contribution in [2.75, 3.05) is 7.11 Å². The maximum atomic E-state index is 6.28. The first-order valence-electron chi connectivity index (χ1n) is 7.11. The molecule has 0 saturated heterocycles. The van der Waals surface area contributed by atoms with Crippen molar-refractivity contribution in [3.05, 3.63) is 23.8 Å². The topological polar surface area (TPSA) is 18.5 Å². The van der Waals surface area contributed by atoms with Gasteiger partial charge in [-0.2, -0.15) is 0 Å². The summed E-state index contributed by atoms with van der Waals surface area (Å²) < 4.78 is 11.7. The van der Waals surface area contributed by atoms with Gasteiger partial charge >= 0.3 is 0 Å². The van der Waals surface area contributed by atoms with E-state index in [1.807, 2.05) is 12.1 Å². The average Bonchev–Trinajstić information content (AvgIpc) is 2.92. The minimum Gasteiger partial charge on any atom is -0.493 e. The van der Waals surface area contributed by atoms with Gasteiger partial charge in [0.15, 0.2) is 11.5 Å². The Labute approximate surface area is 123 Å². The molecule has 0 heterocycles. The van der Waals surface area contributed by atoms with Gasteiger partial charge in [0, 0.05) is 10.2 Å². The summed E-state index contributed by atoms with van der Waals surface area (Å²) >= 11 is 3.83. The van der Waals surface area contributed by atoms with Crippen LogP contribution in [0.15, 0.2) is 18.2 Å². The SMILES string of the molecule is COc1cc(C)ccc1OC1CC(Br)C12CCCC2. The van der Waals surface area contributed by atoms with Crippen molar-refractivity contribution >= 4 is 15.9 Å². The summed E-state index contributed by atoms with van der Waals surface area (Å²) in [4.78, 5) is 0.629. The molecule has 0 amide bonds. The normalized spacial score (nSPS) is 28.2. The molecule has 3 heteroatoms. The first kappa shape index (κ1) is 13.3. The lowest BCUT2D eigenvalue weighted by atomic mass is 9.64. The van der Waals surface area contributed by atoms with Crippen molar-refractivity contribution in [3.63, 3.8) is 0 Å². The number of alkyl halides is 1. The van der Waals surface area contributed by atoms with E-state index in [1.165, 1.54) is 31.2 Å². The Morgan fingerprint density at radius 3 is 2.58 bits per heavy atom. The fourth-order valence-corrected chi connectivity index (χ4v) is 4.65. The van der Waals surface area contributed by atoms with Gasteiger partial charge in [0.25, 0.3) is 0 Å². The van der Waals surface area contributed by atoms with E-state index in [4.69, 9.17) is 9.47 Å². The van der Waals surface area contributed by atoms with Gasteiger partial charge in [-0.25, -0.2) is 0 Å². The average molecular weight is 325 g/mol. The summed E-state index contributed by atoms with van der Waals surface area (Å²) in [6, 6.07) is 6.17. The van der Waals surface area contributed by atoms with Gasteiger partial charge in [-0.1, -0.05) is 34.8 Å². The Hall–Kier alpha value is -0.700. The predicted octanol–water partition coefficient (Wildman–Crippen LogP) is 4.48. The van der Waals surface area contributed by atoms with Gasteiger partial charge in [0.2, 0.25) is 0 Å². The molecular weight excluding hydrogens is 304 g/mol. The van der Waals surface area contributed by atoms with E-state index in [0.29, 0.717) is 16.3 Å². The van der Waals surface area contributed by atoms with Crippen molar-refractivity contribution in [3.8, 4) is 11.5 Å². The number of methoxy groups -OCH3 is 1. The molecule has 2 fully saturated rings. The van der Waals surface area contributed by atoms with E-state index in [1.54, 1.807) is 7.11 Å². The van der Waals surface area contributed by atoms with Crippen LogP contribution in [0.25, 0.3) is 0 Å². The van der Waals surface area contributed by atoms with Crippen LogP contribution in [0.3, 0.4) is 0 Å². The zero-order valence-electron chi connectivity index (χ0n) is 11.6. The molecule has 104 valence electrons. The molecule has 0 aromatic heterocycles. The smallest absolute Gasteiger partial charge is 0.161 e. The highest BCUT2D eigenvalue weighted by Crippen LogP contribution is 2.58. The lowest BCUT2D eigenvalue weighted by Crippen LogP contribution is -2.55. The van der Waals surface area contributed by atoms with Crippen LogP contribution >= 0.6 is 15.9 Å². The molecule has 2 aliphatic carbocycles. The highest BCUT2D eigenvalue weighted by atomic mass is 79.9. The molecule has 2 atom stereocenters. The molecule has 3 rings (SSSR count). The molecule has 0 N–H and O–H groups in total. The molecule has 0 bridgehead atoms. The van der Waals surface area contributed by atoms with Crippen LogP contribution in [-0.4, -0.2) is 18.0 Å². The van der Waals surface area contributed by atoms with Crippen molar-refractivity contribution in [2.24, 2.45) is 5.41 Å². The quantitative estimate of drug-likeness (QED) is 0.763. The van der Waals surface area contributed by atoms with Crippen LogP contribution in [0.1, 0.15) is 37.7 Å². The number of ether oxygens (including phenoxy) is 2. The van der Waals surface area contributed by atoms with Crippen molar-refractivity contribution in [2.45, 2.75) is 50.0 Å². The third kappa shape index (κ3) is 2.16. The number of benzene rings is 1. The number of halogens is 1. The van der Waals surface area contributed by atoms with Gasteiger partial charge in [-0.05, 0) is 43.9 Å². The molecule has 0 aliphatic heterocycles. The third-order valence-electron chi connectivity index (χ3n) is 4.81. The molecule has 2 nitrogen and oxygen atoms in total. The second-order valence-electron chi connectivity index (χ2n) is 5.90. The van der Waals surface area contributed by atoms with Crippen LogP contribution in [0, 0.1) is 12.3 Å². The number of hydrogen-bond acceptors (Lipinski definition) is 2. The minimum atomic E-state index is 0.344. The lowest BCUT2D eigenvalue weighted by Gasteiger charge is -2.51. The summed E-state index contributed by atoms with van der Waals surface area (Å²) in [5.74, 6) is 1.75. The van der Waals surface area contributed by atoms with Crippen LogP contribution in [-0.2, 0) is 0 Å². The first-order chi connectivity index (χ1) is 9.15. The summed E-state index contributed by atoms with van der Waals surface area (Å²) in [5.41, 5.74) is 1.57. The van der Waals surface area contributed by atoms with Gasteiger partial charge < -0.3 is 9.47 Å². The maximum absolute atomic E-state index is 6.28. The molecule has 1 aromatic rings. The summed E-state index contributed by atoms with van der Waals surface area (Å²) in [7, 11) is 1.71.